The third-order valence-electron chi connectivity index (χ3n) is 2.30. The number of fused-ring (bicyclic) bond motifs is 1. The molecular formula is C10H10FNO2. The van der Waals surface area contributed by atoms with Crippen molar-refractivity contribution in [1.82, 2.24) is 0 Å². The van der Waals surface area contributed by atoms with Crippen molar-refractivity contribution in [3.8, 4) is 0 Å². The molecule has 1 aliphatic rings. The lowest BCUT2D eigenvalue weighted by atomic mass is 10.0. The van der Waals surface area contributed by atoms with Gasteiger partial charge >= 0.3 is 5.97 Å². The van der Waals surface area contributed by atoms with Crippen LogP contribution < -0.4 is 5.32 Å². The number of anilines is 1. The highest BCUT2D eigenvalue weighted by molar-refractivity contribution is 5.93. The minimum atomic E-state index is -1.12. The average molecular weight is 195 g/mol. The first kappa shape index (κ1) is 8.99. The van der Waals surface area contributed by atoms with Crippen LogP contribution in [-0.2, 0) is 4.74 Å². The maximum atomic E-state index is 13.4. The van der Waals surface area contributed by atoms with Crippen molar-refractivity contribution >= 4 is 11.7 Å². The molecule has 1 aromatic rings. The van der Waals surface area contributed by atoms with Crippen LogP contribution in [0.4, 0.5) is 10.1 Å². The van der Waals surface area contributed by atoms with Crippen molar-refractivity contribution in [2.45, 2.75) is 6.17 Å². The first-order valence-electron chi connectivity index (χ1n) is 4.33. The number of benzene rings is 1. The second-order valence-electron chi connectivity index (χ2n) is 3.11. The van der Waals surface area contributed by atoms with Crippen LogP contribution in [-0.4, -0.2) is 19.6 Å². The van der Waals surface area contributed by atoms with E-state index in [-0.39, 0.29) is 6.54 Å². The van der Waals surface area contributed by atoms with Crippen LogP contribution in [0.5, 0.6) is 0 Å². The molecule has 0 aromatic heterocycles. The highest BCUT2D eigenvalue weighted by Crippen LogP contribution is 2.35. The Morgan fingerprint density at radius 3 is 3.14 bits per heavy atom. The summed E-state index contributed by atoms with van der Waals surface area (Å²) in [5, 5.41) is 2.89. The Hall–Kier alpha value is -1.58. The summed E-state index contributed by atoms with van der Waals surface area (Å²) in [6, 6.07) is 5.03. The van der Waals surface area contributed by atoms with Crippen LogP contribution in [0.2, 0.25) is 0 Å². The minimum Gasteiger partial charge on any atom is -0.465 e. The largest absolute Gasteiger partial charge is 0.465 e. The molecule has 0 saturated carbocycles. The molecule has 1 N–H and O–H groups in total. The van der Waals surface area contributed by atoms with Crippen molar-refractivity contribution in [2.24, 2.45) is 0 Å². The van der Waals surface area contributed by atoms with E-state index in [1.54, 1.807) is 18.2 Å². The minimum absolute atomic E-state index is 0.226. The predicted octanol–water partition coefficient (Wildman–Crippen LogP) is 1.91. The van der Waals surface area contributed by atoms with E-state index < -0.39 is 12.1 Å². The van der Waals surface area contributed by atoms with Crippen molar-refractivity contribution in [3.05, 3.63) is 29.3 Å². The molecule has 0 bridgehead atoms. The van der Waals surface area contributed by atoms with Crippen molar-refractivity contribution < 1.29 is 13.9 Å². The van der Waals surface area contributed by atoms with E-state index in [0.717, 1.165) is 0 Å². The molecule has 0 radical (unpaired) electrons. The molecule has 4 heteroatoms. The normalized spacial score (nSPS) is 18.6. The smallest absolute Gasteiger partial charge is 0.338 e. The number of esters is 1. The zero-order valence-electron chi connectivity index (χ0n) is 7.71. The number of carbonyl (C=O) groups excluding carboxylic acids is 1. The first-order chi connectivity index (χ1) is 6.74. The average Bonchev–Trinajstić information content (AvgIpc) is 2.59. The number of ether oxygens (including phenoxy) is 1. The Bertz CT molecular complexity index is 378. The molecule has 2 rings (SSSR count). The highest BCUT2D eigenvalue weighted by atomic mass is 19.1. The lowest BCUT2D eigenvalue weighted by molar-refractivity contribution is 0.0598. The number of carbonyl (C=O) groups is 1. The van der Waals surface area contributed by atoms with E-state index >= 15 is 0 Å². The van der Waals surface area contributed by atoms with Crippen LogP contribution in [0.1, 0.15) is 22.1 Å². The van der Waals surface area contributed by atoms with Crippen LogP contribution >= 0.6 is 0 Å². The molecule has 0 saturated heterocycles. The number of halogens is 1. The summed E-state index contributed by atoms with van der Waals surface area (Å²) in [6.45, 7) is 0.226. The summed E-state index contributed by atoms with van der Waals surface area (Å²) >= 11 is 0. The zero-order valence-corrected chi connectivity index (χ0v) is 7.71. The van der Waals surface area contributed by atoms with E-state index in [1.807, 2.05) is 0 Å². The zero-order chi connectivity index (χ0) is 10.1. The molecular weight excluding hydrogens is 185 g/mol. The Kier molecular flexibility index (Phi) is 2.11. The topological polar surface area (TPSA) is 38.3 Å². The van der Waals surface area contributed by atoms with Gasteiger partial charge in [-0.05, 0) is 12.1 Å². The molecule has 14 heavy (non-hydrogen) atoms. The number of alkyl halides is 1. The Morgan fingerprint density at radius 2 is 2.43 bits per heavy atom. The molecule has 1 aromatic carbocycles. The van der Waals surface area contributed by atoms with Crippen molar-refractivity contribution in [1.29, 1.82) is 0 Å². The molecule has 1 atom stereocenters. The highest BCUT2D eigenvalue weighted by Gasteiger charge is 2.27. The van der Waals surface area contributed by atoms with Gasteiger partial charge in [-0.2, -0.15) is 0 Å². The number of hydrogen-bond acceptors (Lipinski definition) is 3. The second-order valence-corrected chi connectivity index (χ2v) is 3.11. The van der Waals surface area contributed by atoms with Gasteiger partial charge < -0.3 is 10.1 Å². The Labute approximate surface area is 80.9 Å². The van der Waals surface area contributed by atoms with Crippen LogP contribution in [0, 0.1) is 0 Å². The lowest BCUT2D eigenvalue weighted by Gasteiger charge is -2.06. The van der Waals surface area contributed by atoms with Crippen molar-refractivity contribution in [2.75, 3.05) is 19.0 Å². The third kappa shape index (κ3) is 1.23. The molecule has 1 unspecified atom stereocenters. The number of hydrogen-bond donors (Lipinski definition) is 1. The third-order valence-corrected chi connectivity index (χ3v) is 2.30. The van der Waals surface area contributed by atoms with Gasteiger partial charge in [-0.15, -0.1) is 0 Å². The van der Waals surface area contributed by atoms with Gasteiger partial charge in [0.2, 0.25) is 0 Å². The molecule has 0 amide bonds. The molecule has 0 fully saturated rings. The van der Waals surface area contributed by atoms with Crippen LogP contribution in [0.15, 0.2) is 18.2 Å². The Morgan fingerprint density at radius 1 is 1.64 bits per heavy atom. The van der Waals surface area contributed by atoms with Crippen LogP contribution in [0.25, 0.3) is 0 Å². The van der Waals surface area contributed by atoms with E-state index in [1.165, 1.54) is 7.11 Å². The standard InChI is InChI=1S/C10H10FNO2/c1-14-10(13)6-3-2-4-8-9(6)7(11)5-12-8/h2-4,7,12H,5H2,1H3. The number of nitrogens with one attached hydrogen (secondary N) is 1. The molecule has 3 nitrogen and oxygen atoms in total. The molecule has 1 heterocycles. The summed E-state index contributed by atoms with van der Waals surface area (Å²) in [6.07, 6.45) is -1.12. The lowest BCUT2D eigenvalue weighted by Crippen LogP contribution is -2.05. The summed E-state index contributed by atoms with van der Waals surface area (Å²) in [5.74, 6) is -0.492. The number of methoxy groups -OCH3 is 1. The van der Waals surface area contributed by atoms with Gasteiger partial charge in [-0.1, -0.05) is 6.07 Å². The molecule has 0 aliphatic carbocycles. The second kappa shape index (κ2) is 3.29. The predicted molar refractivity (Wildman–Crippen MR) is 50.1 cm³/mol. The quantitative estimate of drug-likeness (QED) is 0.695. The van der Waals surface area contributed by atoms with Gasteiger partial charge in [0, 0.05) is 11.3 Å². The van der Waals surface area contributed by atoms with Crippen LogP contribution in [0.3, 0.4) is 0 Å². The summed E-state index contributed by atoms with van der Waals surface area (Å²) in [5.41, 5.74) is 1.40. The number of rotatable bonds is 1. The van der Waals surface area contributed by atoms with Gasteiger partial charge in [0.15, 0.2) is 0 Å². The first-order valence-corrected chi connectivity index (χ1v) is 4.33. The maximum absolute atomic E-state index is 13.4. The van der Waals surface area contributed by atoms with E-state index in [0.29, 0.717) is 16.8 Å². The molecule has 0 spiro atoms. The van der Waals surface area contributed by atoms with Gasteiger partial charge in [-0.3, -0.25) is 0 Å². The SMILES string of the molecule is COC(=O)c1cccc2c1C(F)CN2. The van der Waals surface area contributed by atoms with Gasteiger partial charge in [-0.25, -0.2) is 9.18 Å². The monoisotopic (exact) mass is 195 g/mol. The summed E-state index contributed by atoms with van der Waals surface area (Å²) in [7, 11) is 1.29. The van der Waals surface area contributed by atoms with Gasteiger partial charge in [0.25, 0.3) is 0 Å². The van der Waals surface area contributed by atoms with E-state index in [2.05, 4.69) is 10.1 Å². The van der Waals surface area contributed by atoms with Crippen molar-refractivity contribution in [3.63, 3.8) is 0 Å². The fraction of sp³-hybridized carbons (Fsp3) is 0.300. The van der Waals surface area contributed by atoms with E-state index in [4.69, 9.17) is 0 Å². The molecule has 74 valence electrons. The fourth-order valence-corrected chi connectivity index (χ4v) is 1.65. The molecule has 1 aliphatic heterocycles. The summed E-state index contributed by atoms with van der Waals surface area (Å²) in [4.78, 5) is 11.3. The maximum Gasteiger partial charge on any atom is 0.338 e. The van der Waals surface area contributed by atoms with Gasteiger partial charge in [0.05, 0.1) is 19.2 Å². The Balaban J connectivity index is 2.52. The van der Waals surface area contributed by atoms with E-state index in [9.17, 15) is 9.18 Å². The summed E-state index contributed by atoms with van der Waals surface area (Å²) < 4.78 is 18.0. The fourth-order valence-electron chi connectivity index (χ4n) is 1.65. The van der Waals surface area contributed by atoms with Gasteiger partial charge in [0.1, 0.15) is 6.17 Å².